The molecule has 0 atom stereocenters. The molecule has 0 aliphatic rings. The summed E-state index contributed by atoms with van der Waals surface area (Å²) in [5.74, 6) is 0.519. The van der Waals surface area contributed by atoms with Gasteiger partial charge in [-0.2, -0.15) is 0 Å². The number of rotatable bonds is 1. The summed E-state index contributed by atoms with van der Waals surface area (Å²) >= 11 is 0. The van der Waals surface area contributed by atoms with Crippen LogP contribution in [0.25, 0.3) is 16.9 Å². The smallest absolute Gasteiger partial charge is 0.144 e. The number of fused-ring (bicyclic) bond motifs is 1. The first-order valence-electron chi connectivity index (χ1n) is 5.44. The molecular formula is C14H11FN2. The molecule has 0 saturated carbocycles. The van der Waals surface area contributed by atoms with Crippen molar-refractivity contribution < 1.29 is 4.39 Å². The summed E-state index contributed by atoms with van der Waals surface area (Å²) in [5, 5.41) is 0. The molecule has 0 radical (unpaired) electrons. The quantitative estimate of drug-likeness (QED) is 0.621. The van der Waals surface area contributed by atoms with E-state index in [1.807, 2.05) is 29.7 Å². The van der Waals surface area contributed by atoms with Crippen molar-refractivity contribution >= 4 is 5.52 Å². The lowest BCUT2D eigenvalue weighted by Crippen LogP contribution is -1.90. The maximum Gasteiger partial charge on any atom is 0.144 e. The number of nitrogens with zero attached hydrogens (tertiary/aromatic N) is 2. The highest BCUT2D eigenvalue weighted by Gasteiger charge is 2.06. The van der Waals surface area contributed by atoms with Gasteiger partial charge in [-0.1, -0.05) is 12.1 Å². The summed E-state index contributed by atoms with van der Waals surface area (Å²) in [5.41, 5.74) is 2.99. The van der Waals surface area contributed by atoms with Gasteiger partial charge in [0.15, 0.2) is 0 Å². The molecular weight excluding hydrogens is 215 g/mol. The van der Waals surface area contributed by atoms with Gasteiger partial charge in [-0.05, 0) is 36.8 Å². The highest BCUT2D eigenvalue weighted by molar-refractivity contribution is 5.62. The van der Waals surface area contributed by atoms with Gasteiger partial charge in [-0.3, -0.25) is 4.40 Å². The van der Waals surface area contributed by atoms with E-state index in [0.29, 0.717) is 0 Å². The number of pyridine rings is 1. The Morgan fingerprint density at radius 3 is 2.88 bits per heavy atom. The van der Waals surface area contributed by atoms with Gasteiger partial charge in [-0.15, -0.1) is 0 Å². The van der Waals surface area contributed by atoms with Gasteiger partial charge in [0.1, 0.15) is 11.6 Å². The van der Waals surface area contributed by atoms with E-state index in [-0.39, 0.29) is 5.82 Å². The first-order chi connectivity index (χ1) is 8.24. The van der Waals surface area contributed by atoms with Crippen LogP contribution in [0.1, 0.15) is 5.56 Å². The molecule has 1 aromatic carbocycles. The Morgan fingerprint density at radius 2 is 2.06 bits per heavy atom. The molecule has 0 aliphatic carbocycles. The molecule has 3 aromatic rings. The van der Waals surface area contributed by atoms with Crippen LogP contribution in [-0.2, 0) is 0 Å². The monoisotopic (exact) mass is 226 g/mol. The van der Waals surface area contributed by atoms with Crippen LogP contribution in [-0.4, -0.2) is 9.38 Å². The van der Waals surface area contributed by atoms with E-state index < -0.39 is 0 Å². The van der Waals surface area contributed by atoms with Crippen molar-refractivity contribution in [3.63, 3.8) is 0 Å². The second kappa shape index (κ2) is 3.70. The summed E-state index contributed by atoms with van der Waals surface area (Å²) in [4.78, 5) is 4.34. The molecule has 0 fully saturated rings. The highest BCUT2D eigenvalue weighted by atomic mass is 19.1. The summed E-state index contributed by atoms with van der Waals surface area (Å²) in [6.07, 6.45) is 3.76. The number of aryl methyl sites for hydroxylation is 1. The number of hydrogen-bond donors (Lipinski definition) is 0. The van der Waals surface area contributed by atoms with E-state index in [1.54, 1.807) is 12.3 Å². The predicted octanol–water partition coefficient (Wildman–Crippen LogP) is 3.45. The summed E-state index contributed by atoms with van der Waals surface area (Å²) < 4.78 is 15.1. The fraction of sp³-hybridized carbons (Fsp3) is 0.0714. The Morgan fingerprint density at radius 1 is 1.18 bits per heavy atom. The minimum atomic E-state index is -0.244. The van der Waals surface area contributed by atoms with Gasteiger partial charge in [0.2, 0.25) is 0 Å². The van der Waals surface area contributed by atoms with Crippen LogP contribution in [0.4, 0.5) is 4.39 Å². The average Bonchev–Trinajstić information content (AvgIpc) is 2.71. The minimum Gasteiger partial charge on any atom is -0.300 e. The highest BCUT2D eigenvalue weighted by Crippen LogP contribution is 2.20. The number of hydrogen-bond acceptors (Lipinski definition) is 1. The van der Waals surface area contributed by atoms with Crippen molar-refractivity contribution in [2.45, 2.75) is 6.92 Å². The number of benzene rings is 1. The van der Waals surface area contributed by atoms with Crippen molar-refractivity contribution in [1.29, 1.82) is 0 Å². The molecule has 2 nitrogen and oxygen atoms in total. The van der Waals surface area contributed by atoms with Crippen LogP contribution >= 0.6 is 0 Å². The molecule has 3 heteroatoms. The Kier molecular flexibility index (Phi) is 2.18. The van der Waals surface area contributed by atoms with Crippen LogP contribution in [0.3, 0.4) is 0 Å². The van der Waals surface area contributed by atoms with Crippen molar-refractivity contribution in [1.82, 2.24) is 9.38 Å². The normalized spacial score (nSPS) is 10.9. The van der Waals surface area contributed by atoms with E-state index in [9.17, 15) is 4.39 Å². The zero-order valence-electron chi connectivity index (χ0n) is 9.39. The predicted molar refractivity (Wildman–Crippen MR) is 65.3 cm³/mol. The van der Waals surface area contributed by atoms with Gasteiger partial charge in [-0.25, -0.2) is 9.37 Å². The molecule has 17 heavy (non-hydrogen) atoms. The molecule has 3 rings (SSSR count). The Labute approximate surface area is 98.4 Å². The topological polar surface area (TPSA) is 17.3 Å². The summed E-state index contributed by atoms with van der Waals surface area (Å²) in [7, 11) is 0. The molecule has 0 N–H and O–H groups in total. The Balaban J connectivity index is 2.24. The van der Waals surface area contributed by atoms with Crippen molar-refractivity contribution in [2.75, 3.05) is 0 Å². The fourth-order valence-electron chi connectivity index (χ4n) is 1.95. The zero-order chi connectivity index (χ0) is 11.8. The number of aromatic nitrogens is 2. The first-order valence-corrected chi connectivity index (χ1v) is 5.44. The molecule has 0 unspecified atom stereocenters. The average molecular weight is 226 g/mol. The maximum absolute atomic E-state index is 13.2. The van der Waals surface area contributed by atoms with Crippen LogP contribution < -0.4 is 0 Å². The van der Waals surface area contributed by atoms with Gasteiger partial charge >= 0.3 is 0 Å². The van der Waals surface area contributed by atoms with Crippen molar-refractivity contribution in [3.05, 3.63) is 60.2 Å². The maximum atomic E-state index is 13.2. The van der Waals surface area contributed by atoms with Gasteiger partial charge < -0.3 is 0 Å². The summed E-state index contributed by atoms with van der Waals surface area (Å²) in [6, 6.07) is 10.5. The first kappa shape index (κ1) is 10.0. The van der Waals surface area contributed by atoms with Crippen LogP contribution in [0, 0.1) is 12.7 Å². The third-order valence-corrected chi connectivity index (χ3v) is 2.77. The largest absolute Gasteiger partial charge is 0.300 e. The minimum absolute atomic E-state index is 0.244. The Bertz CT molecular complexity index is 686. The van der Waals surface area contributed by atoms with Gasteiger partial charge in [0.25, 0.3) is 0 Å². The van der Waals surface area contributed by atoms with Crippen LogP contribution in [0.2, 0.25) is 0 Å². The molecule has 0 bridgehead atoms. The summed E-state index contributed by atoms with van der Waals surface area (Å²) in [6.45, 7) is 2.04. The molecule has 0 aliphatic heterocycles. The lowest BCUT2D eigenvalue weighted by molar-refractivity contribution is 0.628. The van der Waals surface area contributed by atoms with E-state index >= 15 is 0 Å². The van der Waals surface area contributed by atoms with Crippen molar-refractivity contribution in [2.24, 2.45) is 0 Å². The van der Waals surface area contributed by atoms with E-state index in [0.717, 1.165) is 16.9 Å². The van der Waals surface area contributed by atoms with E-state index in [1.165, 1.54) is 17.7 Å². The molecule has 2 heterocycles. The van der Waals surface area contributed by atoms with Gasteiger partial charge in [0, 0.05) is 11.8 Å². The number of imidazole rings is 1. The molecule has 0 saturated heterocycles. The molecule has 0 amide bonds. The van der Waals surface area contributed by atoms with Crippen LogP contribution in [0.15, 0.2) is 48.8 Å². The Hall–Kier alpha value is -2.16. The number of halogens is 1. The lowest BCUT2D eigenvalue weighted by Gasteiger charge is -2.02. The third-order valence-electron chi connectivity index (χ3n) is 2.77. The SMILES string of the molecule is Cc1ccn2c(-c3cccc(F)c3)ncc2c1. The van der Waals surface area contributed by atoms with E-state index in [4.69, 9.17) is 0 Å². The second-order valence-corrected chi connectivity index (χ2v) is 4.09. The standard InChI is InChI=1S/C14H11FN2/c1-10-5-6-17-13(7-10)9-16-14(17)11-3-2-4-12(15)8-11/h2-9H,1H3. The third kappa shape index (κ3) is 1.69. The molecule has 2 aromatic heterocycles. The zero-order valence-corrected chi connectivity index (χ0v) is 9.39. The molecule has 0 spiro atoms. The lowest BCUT2D eigenvalue weighted by atomic mass is 10.2. The van der Waals surface area contributed by atoms with Gasteiger partial charge in [0.05, 0.1) is 11.7 Å². The van der Waals surface area contributed by atoms with E-state index in [2.05, 4.69) is 11.1 Å². The molecule has 84 valence electrons. The second-order valence-electron chi connectivity index (χ2n) is 4.09. The van der Waals surface area contributed by atoms with Crippen LogP contribution in [0.5, 0.6) is 0 Å². The van der Waals surface area contributed by atoms with Crippen molar-refractivity contribution in [3.8, 4) is 11.4 Å². The fourth-order valence-corrected chi connectivity index (χ4v) is 1.95.